The fraction of sp³-hybridized carbons (Fsp3) is 0.357. The van der Waals surface area contributed by atoms with Crippen molar-refractivity contribution in [3.63, 3.8) is 0 Å². The summed E-state index contributed by atoms with van der Waals surface area (Å²) >= 11 is 0. The monoisotopic (exact) mass is 270 g/mol. The Kier molecular flexibility index (Phi) is 3.73. The van der Waals surface area contributed by atoms with Crippen molar-refractivity contribution in [3.05, 3.63) is 42.5 Å². The highest BCUT2D eigenvalue weighted by Gasteiger charge is 2.18. The maximum atomic E-state index is 5.53. The van der Waals surface area contributed by atoms with Crippen molar-refractivity contribution in [2.45, 2.75) is 6.54 Å². The number of aromatic nitrogens is 3. The predicted molar refractivity (Wildman–Crippen MR) is 78.6 cm³/mol. The van der Waals surface area contributed by atoms with Crippen LogP contribution in [0.1, 0.15) is 5.69 Å². The molecular weight excluding hydrogens is 252 g/mol. The molecule has 0 bridgehead atoms. The van der Waals surface area contributed by atoms with E-state index in [1.54, 1.807) is 12.4 Å². The maximum absolute atomic E-state index is 5.53. The summed E-state index contributed by atoms with van der Waals surface area (Å²) in [5.74, 6) is 1.96. The zero-order chi connectivity index (χ0) is 13.8. The minimum absolute atomic E-state index is 0.431. The molecule has 0 aromatic carbocycles. The lowest BCUT2D eigenvalue weighted by molar-refractivity contribution is 0.640. The second-order valence-electron chi connectivity index (χ2n) is 4.73. The van der Waals surface area contributed by atoms with Crippen molar-refractivity contribution < 1.29 is 0 Å². The summed E-state index contributed by atoms with van der Waals surface area (Å²) in [4.78, 5) is 17.6. The van der Waals surface area contributed by atoms with Crippen molar-refractivity contribution >= 4 is 11.6 Å². The molecule has 6 heteroatoms. The molecule has 0 radical (unpaired) electrons. The molecule has 1 saturated heterocycles. The molecule has 0 amide bonds. The van der Waals surface area contributed by atoms with E-state index >= 15 is 0 Å². The van der Waals surface area contributed by atoms with Gasteiger partial charge in [-0.2, -0.15) is 0 Å². The second kappa shape index (κ2) is 5.83. The number of hydrogen-bond acceptors (Lipinski definition) is 6. The Balaban J connectivity index is 1.63. The van der Waals surface area contributed by atoms with E-state index in [0.29, 0.717) is 6.54 Å². The summed E-state index contributed by atoms with van der Waals surface area (Å²) in [6, 6.07) is 6.01. The Labute approximate surface area is 118 Å². The van der Waals surface area contributed by atoms with Gasteiger partial charge < -0.3 is 15.5 Å². The molecule has 0 saturated carbocycles. The third kappa shape index (κ3) is 2.70. The molecule has 1 fully saturated rings. The normalized spacial score (nSPS) is 15.4. The van der Waals surface area contributed by atoms with E-state index in [1.807, 2.05) is 24.4 Å². The lowest BCUT2D eigenvalue weighted by atomic mass is 10.3. The first-order valence-corrected chi connectivity index (χ1v) is 6.79. The van der Waals surface area contributed by atoms with Crippen LogP contribution >= 0.6 is 0 Å². The molecular formula is C14H18N6. The Morgan fingerprint density at radius 1 is 0.900 bits per heavy atom. The molecule has 0 aliphatic carbocycles. The highest BCUT2D eigenvalue weighted by molar-refractivity contribution is 5.43. The van der Waals surface area contributed by atoms with Crippen molar-refractivity contribution in [2.75, 3.05) is 36.0 Å². The van der Waals surface area contributed by atoms with Gasteiger partial charge in [0, 0.05) is 38.9 Å². The van der Waals surface area contributed by atoms with Crippen LogP contribution in [0.25, 0.3) is 0 Å². The van der Waals surface area contributed by atoms with Gasteiger partial charge in [0.25, 0.3) is 0 Å². The minimum Gasteiger partial charge on any atom is -0.353 e. The number of nitrogens with two attached hydrogens (primary N) is 1. The van der Waals surface area contributed by atoms with Gasteiger partial charge in [0.05, 0.1) is 18.1 Å². The molecule has 2 aromatic rings. The van der Waals surface area contributed by atoms with Crippen LogP contribution in [0, 0.1) is 0 Å². The number of anilines is 2. The van der Waals surface area contributed by atoms with Crippen LogP contribution in [0.4, 0.5) is 11.6 Å². The topological polar surface area (TPSA) is 71.2 Å². The van der Waals surface area contributed by atoms with Crippen LogP contribution in [0.5, 0.6) is 0 Å². The van der Waals surface area contributed by atoms with Gasteiger partial charge in [0.15, 0.2) is 0 Å². The first-order chi connectivity index (χ1) is 9.86. The molecule has 2 aromatic heterocycles. The summed E-state index contributed by atoms with van der Waals surface area (Å²) < 4.78 is 0. The van der Waals surface area contributed by atoms with E-state index in [1.165, 1.54) is 0 Å². The molecule has 0 unspecified atom stereocenters. The zero-order valence-electron chi connectivity index (χ0n) is 11.3. The van der Waals surface area contributed by atoms with E-state index in [2.05, 4.69) is 24.8 Å². The Morgan fingerprint density at radius 2 is 1.65 bits per heavy atom. The fourth-order valence-electron chi connectivity index (χ4n) is 2.32. The Hall–Kier alpha value is -2.21. The summed E-state index contributed by atoms with van der Waals surface area (Å²) in [6.07, 6.45) is 5.39. The van der Waals surface area contributed by atoms with Crippen LogP contribution < -0.4 is 15.5 Å². The molecule has 3 rings (SSSR count). The summed E-state index contributed by atoms with van der Waals surface area (Å²) in [6.45, 7) is 4.16. The average molecular weight is 270 g/mol. The third-order valence-electron chi connectivity index (χ3n) is 3.48. The van der Waals surface area contributed by atoms with Crippen molar-refractivity contribution in [2.24, 2.45) is 5.73 Å². The van der Waals surface area contributed by atoms with Crippen LogP contribution in [0.3, 0.4) is 0 Å². The maximum Gasteiger partial charge on any atom is 0.147 e. The molecule has 2 N–H and O–H groups in total. The lowest BCUT2D eigenvalue weighted by Crippen LogP contribution is -2.47. The van der Waals surface area contributed by atoms with Gasteiger partial charge in [0.1, 0.15) is 11.6 Å². The van der Waals surface area contributed by atoms with E-state index in [9.17, 15) is 0 Å². The second-order valence-corrected chi connectivity index (χ2v) is 4.73. The van der Waals surface area contributed by atoms with E-state index in [-0.39, 0.29) is 0 Å². The van der Waals surface area contributed by atoms with Gasteiger partial charge in [0.2, 0.25) is 0 Å². The SMILES string of the molecule is NCc1cnc(N2CCN(c3ccccn3)CC2)cn1. The Morgan fingerprint density at radius 3 is 2.20 bits per heavy atom. The van der Waals surface area contributed by atoms with E-state index in [4.69, 9.17) is 5.73 Å². The van der Waals surface area contributed by atoms with Crippen LogP contribution in [-0.4, -0.2) is 41.1 Å². The largest absolute Gasteiger partial charge is 0.353 e. The van der Waals surface area contributed by atoms with Gasteiger partial charge in [-0.1, -0.05) is 6.07 Å². The molecule has 1 aliphatic rings. The Bertz CT molecular complexity index is 533. The molecule has 3 heterocycles. The number of nitrogens with zero attached hydrogens (tertiary/aromatic N) is 5. The molecule has 104 valence electrons. The van der Waals surface area contributed by atoms with Crippen LogP contribution in [-0.2, 0) is 6.54 Å². The average Bonchev–Trinajstić information content (AvgIpc) is 2.56. The molecule has 6 nitrogen and oxygen atoms in total. The van der Waals surface area contributed by atoms with Gasteiger partial charge in [-0.15, -0.1) is 0 Å². The first-order valence-electron chi connectivity index (χ1n) is 6.79. The molecule has 1 aliphatic heterocycles. The van der Waals surface area contributed by atoms with Gasteiger partial charge in [-0.25, -0.2) is 9.97 Å². The molecule has 20 heavy (non-hydrogen) atoms. The zero-order valence-corrected chi connectivity index (χ0v) is 11.3. The number of piperazine rings is 1. The van der Waals surface area contributed by atoms with Crippen LogP contribution in [0.15, 0.2) is 36.8 Å². The highest BCUT2D eigenvalue weighted by atomic mass is 15.3. The van der Waals surface area contributed by atoms with Crippen LogP contribution in [0.2, 0.25) is 0 Å². The number of pyridine rings is 1. The standard InChI is InChI=1S/C14H18N6/c15-9-12-10-18-14(11-17-12)20-7-5-19(6-8-20)13-3-1-2-4-16-13/h1-4,10-11H,5-9,15H2. The van der Waals surface area contributed by atoms with E-state index in [0.717, 1.165) is 43.5 Å². The lowest BCUT2D eigenvalue weighted by Gasteiger charge is -2.35. The minimum atomic E-state index is 0.431. The highest BCUT2D eigenvalue weighted by Crippen LogP contribution is 2.16. The first kappa shape index (κ1) is 12.8. The predicted octanol–water partition coefficient (Wildman–Crippen LogP) is 0.657. The quantitative estimate of drug-likeness (QED) is 0.883. The van der Waals surface area contributed by atoms with Crippen molar-refractivity contribution in [3.8, 4) is 0 Å². The van der Waals surface area contributed by atoms with Gasteiger partial charge in [-0.3, -0.25) is 4.98 Å². The number of hydrogen-bond donors (Lipinski definition) is 1. The summed E-state index contributed by atoms with van der Waals surface area (Å²) in [5, 5.41) is 0. The number of rotatable bonds is 3. The smallest absolute Gasteiger partial charge is 0.147 e. The third-order valence-corrected chi connectivity index (χ3v) is 3.48. The summed E-state index contributed by atoms with van der Waals surface area (Å²) in [5.41, 5.74) is 6.35. The van der Waals surface area contributed by atoms with Crippen molar-refractivity contribution in [1.82, 2.24) is 15.0 Å². The summed E-state index contributed by atoms with van der Waals surface area (Å²) in [7, 11) is 0. The van der Waals surface area contributed by atoms with Gasteiger partial charge >= 0.3 is 0 Å². The van der Waals surface area contributed by atoms with Crippen molar-refractivity contribution in [1.29, 1.82) is 0 Å². The fourth-order valence-corrected chi connectivity index (χ4v) is 2.32. The van der Waals surface area contributed by atoms with E-state index < -0.39 is 0 Å². The molecule has 0 spiro atoms. The van der Waals surface area contributed by atoms with Gasteiger partial charge in [-0.05, 0) is 12.1 Å². The molecule has 0 atom stereocenters.